The normalized spacial score (nSPS) is 18.8. The summed E-state index contributed by atoms with van der Waals surface area (Å²) in [5.41, 5.74) is 1.00. The molecule has 144 valence electrons. The van der Waals surface area contributed by atoms with Gasteiger partial charge < -0.3 is 14.7 Å². The van der Waals surface area contributed by atoms with Gasteiger partial charge in [-0.25, -0.2) is 0 Å². The second-order valence-electron chi connectivity index (χ2n) is 7.17. The predicted molar refractivity (Wildman–Crippen MR) is 104 cm³/mol. The van der Waals surface area contributed by atoms with Crippen LogP contribution in [0.5, 0.6) is 0 Å². The first kappa shape index (κ1) is 19.1. The molecule has 0 spiro atoms. The first-order valence-electron chi connectivity index (χ1n) is 9.61. The Labute approximate surface area is 160 Å². The highest BCUT2D eigenvalue weighted by Gasteiger charge is 2.31. The number of carbonyl (C=O) groups excluding carboxylic acids is 3. The number of hydrogen-bond acceptors (Lipinski definition) is 3. The number of rotatable bonds is 3. The maximum atomic E-state index is 12.7. The van der Waals surface area contributed by atoms with Gasteiger partial charge in [0.25, 0.3) is 0 Å². The van der Waals surface area contributed by atoms with Crippen LogP contribution >= 0.6 is 0 Å². The summed E-state index contributed by atoms with van der Waals surface area (Å²) in [6, 6.07) is 9.75. The molecule has 0 bridgehead atoms. The minimum atomic E-state index is -0.0176. The van der Waals surface area contributed by atoms with E-state index < -0.39 is 0 Å². The van der Waals surface area contributed by atoms with Crippen molar-refractivity contribution in [2.75, 3.05) is 39.3 Å². The van der Waals surface area contributed by atoms with Crippen LogP contribution in [0.4, 0.5) is 0 Å². The zero-order valence-electron chi connectivity index (χ0n) is 15.8. The number of hydrogen-bond donors (Lipinski definition) is 0. The van der Waals surface area contributed by atoms with Crippen molar-refractivity contribution in [3.63, 3.8) is 0 Å². The summed E-state index contributed by atoms with van der Waals surface area (Å²) in [7, 11) is 0. The van der Waals surface area contributed by atoms with Gasteiger partial charge in [-0.2, -0.15) is 0 Å². The molecule has 2 aliphatic heterocycles. The Bertz CT molecular complexity index is 701. The zero-order valence-corrected chi connectivity index (χ0v) is 15.8. The van der Waals surface area contributed by atoms with E-state index in [-0.39, 0.29) is 23.6 Å². The molecule has 6 nitrogen and oxygen atoms in total. The summed E-state index contributed by atoms with van der Waals surface area (Å²) in [4.78, 5) is 41.9. The van der Waals surface area contributed by atoms with Crippen molar-refractivity contribution in [2.45, 2.75) is 19.8 Å². The smallest absolute Gasteiger partial charge is 0.246 e. The highest BCUT2D eigenvalue weighted by molar-refractivity contribution is 5.92. The maximum absolute atomic E-state index is 12.7. The Morgan fingerprint density at radius 1 is 0.852 bits per heavy atom. The van der Waals surface area contributed by atoms with Crippen LogP contribution in [-0.2, 0) is 14.4 Å². The number of nitrogens with zero attached hydrogens (tertiary/aromatic N) is 3. The Morgan fingerprint density at radius 2 is 1.44 bits per heavy atom. The van der Waals surface area contributed by atoms with Gasteiger partial charge in [0.1, 0.15) is 0 Å². The molecule has 3 rings (SSSR count). The second-order valence-corrected chi connectivity index (χ2v) is 7.17. The second kappa shape index (κ2) is 8.84. The molecule has 0 aliphatic carbocycles. The van der Waals surface area contributed by atoms with Crippen LogP contribution in [0.2, 0.25) is 0 Å². The van der Waals surface area contributed by atoms with E-state index in [1.165, 1.54) is 0 Å². The van der Waals surface area contributed by atoms with Gasteiger partial charge in [-0.3, -0.25) is 14.4 Å². The molecule has 0 radical (unpaired) electrons. The molecular weight excluding hydrogens is 342 g/mol. The molecule has 1 aromatic carbocycles. The van der Waals surface area contributed by atoms with Crippen LogP contribution in [0, 0.1) is 5.92 Å². The van der Waals surface area contributed by atoms with Gasteiger partial charge in [0.15, 0.2) is 0 Å². The monoisotopic (exact) mass is 369 g/mol. The topological polar surface area (TPSA) is 60.9 Å². The lowest BCUT2D eigenvalue weighted by Crippen LogP contribution is -2.52. The summed E-state index contributed by atoms with van der Waals surface area (Å²) in [5.74, 6) is 0.221. The Morgan fingerprint density at radius 3 is 2.04 bits per heavy atom. The fraction of sp³-hybridized carbons (Fsp3) is 0.476. The molecule has 0 N–H and O–H groups in total. The standard InChI is InChI=1S/C21H27N3O3/c1-17(25)22-13-15-24(16-14-22)21(27)19-9-11-23(12-10-19)20(26)8-7-18-5-3-2-4-6-18/h2-8,19H,9-16H2,1H3/b8-7+. The Kier molecular flexibility index (Phi) is 6.27. The number of benzene rings is 1. The van der Waals surface area contributed by atoms with E-state index in [4.69, 9.17) is 0 Å². The van der Waals surface area contributed by atoms with Crippen LogP contribution in [0.15, 0.2) is 36.4 Å². The summed E-state index contributed by atoms with van der Waals surface area (Å²) < 4.78 is 0. The van der Waals surface area contributed by atoms with Crippen molar-refractivity contribution in [3.8, 4) is 0 Å². The van der Waals surface area contributed by atoms with Crippen LogP contribution in [0.25, 0.3) is 6.08 Å². The predicted octanol–water partition coefficient (Wildman–Crippen LogP) is 1.63. The molecule has 2 saturated heterocycles. The van der Waals surface area contributed by atoms with Gasteiger partial charge >= 0.3 is 0 Å². The van der Waals surface area contributed by atoms with Crippen LogP contribution in [0.3, 0.4) is 0 Å². The third-order valence-electron chi connectivity index (χ3n) is 5.41. The molecule has 3 amide bonds. The average molecular weight is 369 g/mol. The molecule has 27 heavy (non-hydrogen) atoms. The molecule has 0 saturated carbocycles. The van der Waals surface area contributed by atoms with E-state index in [0.717, 1.165) is 5.56 Å². The SMILES string of the molecule is CC(=O)N1CCN(C(=O)C2CCN(C(=O)/C=C/c3ccccc3)CC2)CC1. The van der Waals surface area contributed by atoms with Gasteiger partial charge in [0.05, 0.1) is 0 Å². The highest BCUT2D eigenvalue weighted by Crippen LogP contribution is 2.21. The van der Waals surface area contributed by atoms with E-state index in [1.807, 2.05) is 46.2 Å². The van der Waals surface area contributed by atoms with Gasteiger partial charge in [0, 0.05) is 58.2 Å². The van der Waals surface area contributed by atoms with Gasteiger partial charge in [-0.15, -0.1) is 0 Å². The molecule has 1 aromatic rings. The summed E-state index contributed by atoms with van der Waals surface area (Å²) in [6.07, 6.45) is 4.85. The Hall–Kier alpha value is -2.63. The number of carbonyl (C=O) groups is 3. The molecule has 2 aliphatic rings. The van der Waals surface area contributed by atoms with Gasteiger partial charge in [0.2, 0.25) is 17.7 Å². The summed E-state index contributed by atoms with van der Waals surface area (Å²) in [6.45, 7) is 5.24. The summed E-state index contributed by atoms with van der Waals surface area (Å²) in [5, 5.41) is 0. The third kappa shape index (κ3) is 4.96. The number of likely N-dealkylation sites (tertiary alicyclic amines) is 1. The van der Waals surface area contributed by atoms with Crippen LogP contribution in [-0.4, -0.2) is 71.7 Å². The third-order valence-corrected chi connectivity index (χ3v) is 5.41. The largest absolute Gasteiger partial charge is 0.339 e. The molecule has 0 aromatic heterocycles. The molecule has 0 unspecified atom stereocenters. The first-order valence-corrected chi connectivity index (χ1v) is 9.61. The lowest BCUT2D eigenvalue weighted by atomic mass is 9.95. The van der Waals surface area contributed by atoms with Crippen molar-refractivity contribution in [2.24, 2.45) is 5.92 Å². The zero-order chi connectivity index (χ0) is 19.2. The average Bonchev–Trinajstić information content (AvgIpc) is 2.72. The number of piperidine rings is 1. The van der Waals surface area contributed by atoms with Crippen LogP contribution in [0.1, 0.15) is 25.3 Å². The Balaban J connectivity index is 1.46. The number of amides is 3. The molecule has 0 atom stereocenters. The lowest BCUT2D eigenvalue weighted by Gasteiger charge is -2.38. The van der Waals surface area contributed by atoms with E-state index in [9.17, 15) is 14.4 Å². The molecule has 2 fully saturated rings. The van der Waals surface area contributed by atoms with E-state index in [2.05, 4.69) is 0 Å². The fourth-order valence-electron chi connectivity index (χ4n) is 3.68. The van der Waals surface area contributed by atoms with Gasteiger partial charge in [-0.1, -0.05) is 30.3 Å². The van der Waals surface area contributed by atoms with Gasteiger partial charge in [-0.05, 0) is 24.5 Å². The van der Waals surface area contributed by atoms with Crippen molar-refractivity contribution in [1.82, 2.24) is 14.7 Å². The summed E-state index contributed by atoms with van der Waals surface area (Å²) >= 11 is 0. The fourth-order valence-corrected chi connectivity index (χ4v) is 3.68. The number of piperazine rings is 1. The van der Waals surface area contributed by atoms with Crippen LogP contribution < -0.4 is 0 Å². The molecule has 2 heterocycles. The van der Waals surface area contributed by atoms with Crippen molar-refractivity contribution in [1.29, 1.82) is 0 Å². The first-order chi connectivity index (χ1) is 13.0. The highest BCUT2D eigenvalue weighted by atomic mass is 16.2. The minimum absolute atomic E-state index is 0.000162. The van der Waals surface area contributed by atoms with E-state index >= 15 is 0 Å². The van der Waals surface area contributed by atoms with Crippen molar-refractivity contribution >= 4 is 23.8 Å². The quantitative estimate of drug-likeness (QED) is 0.761. The lowest BCUT2D eigenvalue weighted by molar-refractivity contribution is -0.143. The molecule has 6 heteroatoms. The van der Waals surface area contributed by atoms with E-state index in [1.54, 1.807) is 17.9 Å². The minimum Gasteiger partial charge on any atom is -0.339 e. The van der Waals surface area contributed by atoms with Crippen molar-refractivity contribution in [3.05, 3.63) is 42.0 Å². The maximum Gasteiger partial charge on any atom is 0.246 e. The van der Waals surface area contributed by atoms with Crippen molar-refractivity contribution < 1.29 is 14.4 Å². The molecular formula is C21H27N3O3. The van der Waals surface area contributed by atoms with E-state index in [0.29, 0.717) is 52.1 Å².